The molecule has 256 valence electrons. The molecule has 0 radical (unpaired) electrons. The van der Waals surface area contributed by atoms with Crippen molar-refractivity contribution in [1.29, 1.82) is 0 Å². The quantitative estimate of drug-likeness (QED) is 0.271. The van der Waals surface area contributed by atoms with Crippen LogP contribution in [0.1, 0.15) is 87.3 Å². The predicted molar refractivity (Wildman–Crippen MR) is 175 cm³/mol. The van der Waals surface area contributed by atoms with Crippen LogP contribution < -0.4 is 21.3 Å². The first-order valence-electron chi connectivity index (χ1n) is 16.5. The molecule has 3 atom stereocenters. The molecular weight excluding hydrogens is 616 g/mol. The van der Waals surface area contributed by atoms with E-state index in [4.69, 9.17) is 0 Å². The number of fused-ring (bicyclic) bond motifs is 1. The smallest absolute Gasteiger partial charge is 0.274 e. The highest BCUT2D eigenvalue weighted by molar-refractivity contribution is 5.96. The summed E-state index contributed by atoms with van der Waals surface area (Å²) in [5.74, 6) is -1.13. The zero-order valence-electron chi connectivity index (χ0n) is 27.8. The summed E-state index contributed by atoms with van der Waals surface area (Å²) in [6.07, 6.45) is 2.75. The van der Waals surface area contributed by atoms with E-state index in [1.807, 2.05) is 44.2 Å². The van der Waals surface area contributed by atoms with Gasteiger partial charge in [0.15, 0.2) is 5.82 Å². The Morgan fingerprint density at radius 1 is 0.938 bits per heavy atom. The summed E-state index contributed by atoms with van der Waals surface area (Å²) in [6, 6.07) is 8.46. The van der Waals surface area contributed by atoms with E-state index in [1.165, 1.54) is 16.5 Å². The normalized spacial score (nSPS) is 22.0. The lowest BCUT2D eigenvalue weighted by Gasteiger charge is -2.25. The van der Waals surface area contributed by atoms with E-state index in [-0.39, 0.29) is 43.7 Å². The average Bonchev–Trinajstić information content (AvgIpc) is 3.62. The highest BCUT2D eigenvalue weighted by Gasteiger charge is 2.31. The summed E-state index contributed by atoms with van der Waals surface area (Å²) in [4.78, 5) is 72.6. The Kier molecular flexibility index (Phi) is 10.9. The van der Waals surface area contributed by atoms with Crippen molar-refractivity contribution in [2.24, 2.45) is 5.92 Å². The van der Waals surface area contributed by atoms with Gasteiger partial charge in [-0.3, -0.25) is 29.1 Å². The summed E-state index contributed by atoms with van der Waals surface area (Å²) < 4.78 is 1.46. The number of nitrogens with zero attached hydrogens (tertiary/aromatic N) is 5. The number of carbonyl (C=O) groups is 5. The van der Waals surface area contributed by atoms with Gasteiger partial charge in [0.2, 0.25) is 23.6 Å². The molecule has 0 bridgehead atoms. The number of hydrogen-bond donors (Lipinski definition) is 5. The van der Waals surface area contributed by atoms with Crippen LogP contribution in [0.2, 0.25) is 0 Å². The summed E-state index contributed by atoms with van der Waals surface area (Å²) in [5, 5.41) is 22.9. The third-order valence-corrected chi connectivity index (χ3v) is 8.27. The van der Waals surface area contributed by atoms with Gasteiger partial charge in [0.1, 0.15) is 30.1 Å². The van der Waals surface area contributed by atoms with Gasteiger partial charge in [-0.15, -0.1) is 0 Å². The lowest BCUT2D eigenvalue weighted by Crippen LogP contribution is -2.54. The molecule has 1 aromatic carbocycles. The molecule has 3 heterocycles. The Labute approximate surface area is 279 Å². The van der Waals surface area contributed by atoms with Crippen molar-refractivity contribution < 1.29 is 24.0 Å². The van der Waals surface area contributed by atoms with Gasteiger partial charge < -0.3 is 26.2 Å². The Bertz CT molecular complexity index is 1630. The third-order valence-electron chi connectivity index (χ3n) is 8.27. The van der Waals surface area contributed by atoms with E-state index in [9.17, 15) is 24.0 Å². The molecule has 3 aromatic rings. The fraction of sp³-hybridized carbons (Fsp3) is 0.515. The Morgan fingerprint density at radius 3 is 2.40 bits per heavy atom. The van der Waals surface area contributed by atoms with E-state index < -0.39 is 41.8 Å². The van der Waals surface area contributed by atoms with Crippen LogP contribution in [0, 0.1) is 5.92 Å². The maximum Gasteiger partial charge on any atom is 0.274 e. The summed E-state index contributed by atoms with van der Waals surface area (Å²) >= 11 is 0. The fourth-order valence-corrected chi connectivity index (χ4v) is 5.56. The van der Waals surface area contributed by atoms with Crippen LogP contribution in [0.15, 0.2) is 36.4 Å². The summed E-state index contributed by atoms with van der Waals surface area (Å²) in [6.45, 7) is 7.00. The van der Waals surface area contributed by atoms with Crippen LogP contribution in [0.5, 0.6) is 0 Å². The zero-order valence-corrected chi connectivity index (χ0v) is 27.8. The van der Waals surface area contributed by atoms with E-state index in [2.05, 4.69) is 41.5 Å². The fourth-order valence-electron chi connectivity index (χ4n) is 5.56. The molecule has 15 nitrogen and oxygen atoms in total. The first kappa shape index (κ1) is 34.3. The Balaban J connectivity index is 1.40. The van der Waals surface area contributed by atoms with Crippen molar-refractivity contribution in [2.75, 3.05) is 19.6 Å². The second-order valence-corrected chi connectivity index (χ2v) is 12.9. The third kappa shape index (κ3) is 8.83. The molecule has 1 aliphatic heterocycles. The van der Waals surface area contributed by atoms with Gasteiger partial charge in [0.25, 0.3) is 5.91 Å². The number of nitrogens with one attached hydrogen (secondary N) is 5. The molecule has 15 heteroatoms. The van der Waals surface area contributed by atoms with Crippen molar-refractivity contribution in [3.8, 4) is 11.4 Å². The molecule has 1 fully saturated rings. The maximum atomic E-state index is 13.6. The first-order chi connectivity index (χ1) is 23.0. The van der Waals surface area contributed by atoms with Crippen molar-refractivity contribution in [1.82, 2.24) is 51.1 Å². The van der Waals surface area contributed by atoms with Gasteiger partial charge in [-0.2, -0.15) is 10.2 Å². The number of amides is 5. The zero-order chi connectivity index (χ0) is 34.4. The summed E-state index contributed by atoms with van der Waals surface area (Å²) in [7, 11) is 0. The summed E-state index contributed by atoms with van der Waals surface area (Å²) in [5.41, 5.74) is 1.83. The van der Waals surface area contributed by atoms with Crippen LogP contribution >= 0.6 is 0 Å². The Morgan fingerprint density at radius 2 is 1.69 bits per heavy atom. The van der Waals surface area contributed by atoms with Gasteiger partial charge in [-0.1, -0.05) is 44.2 Å². The highest BCUT2D eigenvalue weighted by atomic mass is 16.2. The van der Waals surface area contributed by atoms with Gasteiger partial charge >= 0.3 is 0 Å². The molecule has 2 aliphatic rings. The van der Waals surface area contributed by atoms with Crippen LogP contribution in [0.4, 0.5) is 0 Å². The number of aromatic nitrogens is 5. The van der Waals surface area contributed by atoms with E-state index in [1.54, 1.807) is 13.0 Å². The average molecular weight is 661 g/mol. The lowest BCUT2D eigenvalue weighted by atomic mass is 10.0. The van der Waals surface area contributed by atoms with Crippen LogP contribution in [0.3, 0.4) is 0 Å². The molecule has 48 heavy (non-hydrogen) atoms. The van der Waals surface area contributed by atoms with Gasteiger partial charge in [-0.25, -0.2) is 9.67 Å². The molecule has 1 aliphatic carbocycles. The molecule has 0 saturated heterocycles. The molecule has 5 rings (SSSR count). The van der Waals surface area contributed by atoms with E-state index in [0.717, 1.165) is 24.1 Å². The number of aromatic amines is 1. The minimum absolute atomic E-state index is 0.0573. The SMILES string of the molecule is CC(C)C[C@H]1NC(=O)[C@@H](C)NC(=O)CN(C(=O)c2cc(C3CC3)[nH]n2)CCCNC(=O)Cn2nc(-c3ccccc3)nc2[C@H](C)NC1=O. The lowest BCUT2D eigenvalue weighted by molar-refractivity contribution is -0.132. The molecule has 1 saturated carbocycles. The first-order valence-corrected chi connectivity index (χ1v) is 16.5. The van der Waals surface area contributed by atoms with Crippen LogP contribution in [0.25, 0.3) is 11.4 Å². The number of rotatable bonds is 5. The van der Waals surface area contributed by atoms with E-state index >= 15 is 0 Å². The monoisotopic (exact) mass is 660 g/mol. The molecule has 0 spiro atoms. The Hall–Kier alpha value is -5.08. The van der Waals surface area contributed by atoms with Crippen molar-refractivity contribution in [3.05, 3.63) is 53.6 Å². The van der Waals surface area contributed by atoms with Crippen LogP contribution in [-0.2, 0) is 25.7 Å². The van der Waals surface area contributed by atoms with Gasteiger partial charge in [0, 0.05) is 30.3 Å². The number of carbonyl (C=O) groups excluding carboxylic acids is 5. The minimum Gasteiger partial charge on any atom is -0.354 e. The topological polar surface area (TPSA) is 196 Å². The number of H-pyrrole nitrogens is 1. The van der Waals surface area contributed by atoms with Crippen molar-refractivity contribution >= 4 is 29.5 Å². The minimum atomic E-state index is -0.987. The molecule has 2 aromatic heterocycles. The molecule has 5 N–H and O–H groups in total. The standard InChI is InChI=1S/C33H44N10O5/c1-19(2)15-25-32(47)36-20(3)30-38-29(23-9-6-5-7-10-23)41-43(30)18-27(44)34-13-8-14-42(17-28(45)35-21(4)31(46)37-25)33(48)26-16-24(39-40-26)22-11-12-22/h5-7,9-10,16,19-22,25H,8,11-15,17-18H2,1-4H3,(H,34,44)(H,35,45)(H,36,47)(H,37,46)(H,39,40)/t20-,21+,25+/m0/s1. The van der Waals surface area contributed by atoms with Crippen molar-refractivity contribution in [3.63, 3.8) is 0 Å². The molecule has 5 amide bonds. The molecular formula is C33H44N10O5. The number of benzene rings is 1. The van der Waals surface area contributed by atoms with Gasteiger partial charge in [0.05, 0.1) is 12.6 Å². The second kappa shape index (κ2) is 15.2. The number of hydrogen-bond acceptors (Lipinski definition) is 8. The second-order valence-electron chi connectivity index (χ2n) is 12.9. The molecule has 0 unspecified atom stereocenters. The van der Waals surface area contributed by atoms with Crippen LogP contribution in [-0.4, -0.2) is 91.1 Å². The van der Waals surface area contributed by atoms with Crippen molar-refractivity contribution in [2.45, 2.75) is 84.0 Å². The maximum absolute atomic E-state index is 13.6. The predicted octanol–water partition coefficient (Wildman–Crippen LogP) is 1.42. The highest BCUT2D eigenvalue weighted by Crippen LogP contribution is 2.39. The largest absolute Gasteiger partial charge is 0.354 e. The van der Waals surface area contributed by atoms with Gasteiger partial charge in [-0.05, 0) is 51.5 Å². The van der Waals surface area contributed by atoms with E-state index in [0.29, 0.717) is 30.4 Å².